The zero-order valence-electron chi connectivity index (χ0n) is 11.5. The lowest BCUT2D eigenvalue weighted by Crippen LogP contribution is -2.35. The Bertz CT molecular complexity index is 570. The van der Waals surface area contributed by atoms with Gasteiger partial charge in [0, 0.05) is 16.1 Å². The second-order valence-corrected chi connectivity index (χ2v) is 6.16. The molecule has 4 nitrogen and oxygen atoms in total. The monoisotopic (exact) mass is 334 g/mol. The highest BCUT2D eigenvalue weighted by molar-refractivity contribution is 9.10. The fraction of sp³-hybridized carbons (Fsp3) is 0.400. The molecule has 0 atom stereocenters. The minimum atomic E-state index is 0.524. The van der Waals surface area contributed by atoms with Crippen LogP contribution in [0.15, 0.2) is 28.7 Å². The summed E-state index contributed by atoms with van der Waals surface area (Å²) in [6.45, 7) is 4.28. The smallest absolute Gasteiger partial charge is 0.151 e. The minimum Gasteiger partial charge on any atom is -0.366 e. The lowest BCUT2D eigenvalue weighted by Gasteiger charge is -2.23. The number of nitrogens with one attached hydrogen (secondary N) is 3. The molecule has 5 heteroatoms. The Morgan fingerprint density at radius 3 is 2.60 bits per heavy atom. The van der Waals surface area contributed by atoms with E-state index in [0.29, 0.717) is 6.04 Å². The molecule has 1 fully saturated rings. The van der Waals surface area contributed by atoms with Crippen molar-refractivity contribution >= 4 is 21.7 Å². The van der Waals surface area contributed by atoms with Gasteiger partial charge in [-0.05, 0) is 50.6 Å². The van der Waals surface area contributed by atoms with Crippen LogP contribution in [-0.2, 0) is 0 Å². The van der Waals surface area contributed by atoms with E-state index in [1.807, 2.05) is 0 Å². The Kier molecular flexibility index (Phi) is 4.08. The first kappa shape index (κ1) is 13.6. The van der Waals surface area contributed by atoms with Crippen LogP contribution in [0.25, 0.3) is 11.3 Å². The molecule has 20 heavy (non-hydrogen) atoms. The molecule has 1 aromatic carbocycles. The number of H-pyrrole nitrogens is 1. The molecule has 0 amide bonds. The van der Waals surface area contributed by atoms with Crippen molar-refractivity contribution in [2.45, 2.75) is 25.8 Å². The number of aromatic amines is 1. The van der Waals surface area contributed by atoms with Gasteiger partial charge in [-0.1, -0.05) is 28.1 Å². The van der Waals surface area contributed by atoms with Crippen LogP contribution >= 0.6 is 15.9 Å². The fourth-order valence-corrected chi connectivity index (χ4v) is 2.86. The number of nitrogens with zero attached hydrogens (tertiary/aromatic N) is 1. The van der Waals surface area contributed by atoms with Crippen LogP contribution < -0.4 is 10.6 Å². The van der Waals surface area contributed by atoms with Crippen LogP contribution in [0.4, 0.5) is 5.82 Å². The summed E-state index contributed by atoms with van der Waals surface area (Å²) in [5.41, 5.74) is 3.44. The van der Waals surface area contributed by atoms with Crippen molar-refractivity contribution in [2.75, 3.05) is 18.4 Å². The van der Waals surface area contributed by atoms with Crippen molar-refractivity contribution < 1.29 is 0 Å². The second-order valence-electron chi connectivity index (χ2n) is 5.25. The predicted molar refractivity (Wildman–Crippen MR) is 86.0 cm³/mol. The first-order valence-electron chi connectivity index (χ1n) is 7.02. The maximum Gasteiger partial charge on any atom is 0.151 e. The number of rotatable bonds is 3. The highest BCUT2D eigenvalue weighted by Crippen LogP contribution is 2.27. The molecular weight excluding hydrogens is 316 g/mol. The third kappa shape index (κ3) is 2.88. The fourth-order valence-electron chi connectivity index (χ4n) is 2.60. The number of hydrogen-bond donors (Lipinski definition) is 3. The Labute approximate surface area is 127 Å². The van der Waals surface area contributed by atoms with Crippen LogP contribution in [-0.4, -0.2) is 29.3 Å². The Hall–Kier alpha value is -1.33. The number of hydrogen-bond acceptors (Lipinski definition) is 3. The molecule has 1 aliphatic heterocycles. The molecule has 0 radical (unpaired) electrons. The maximum atomic E-state index is 4.44. The van der Waals surface area contributed by atoms with E-state index in [4.69, 9.17) is 0 Å². The quantitative estimate of drug-likeness (QED) is 0.807. The van der Waals surface area contributed by atoms with E-state index in [-0.39, 0.29) is 0 Å². The SMILES string of the molecule is Cc1c(NC2CCNCC2)n[nH]c1-c1ccc(Br)cc1. The van der Waals surface area contributed by atoms with Crippen LogP contribution in [0.3, 0.4) is 0 Å². The topological polar surface area (TPSA) is 52.7 Å². The normalized spacial score (nSPS) is 16.3. The number of aromatic nitrogens is 2. The largest absolute Gasteiger partial charge is 0.366 e. The summed E-state index contributed by atoms with van der Waals surface area (Å²) < 4.78 is 1.09. The highest BCUT2D eigenvalue weighted by Gasteiger charge is 2.16. The van der Waals surface area contributed by atoms with E-state index in [0.717, 1.165) is 47.5 Å². The van der Waals surface area contributed by atoms with Gasteiger partial charge in [-0.3, -0.25) is 5.10 Å². The molecule has 3 N–H and O–H groups in total. The first-order chi connectivity index (χ1) is 9.74. The molecule has 1 aromatic heterocycles. The molecule has 2 heterocycles. The van der Waals surface area contributed by atoms with Crippen molar-refractivity contribution in [1.82, 2.24) is 15.5 Å². The Morgan fingerprint density at radius 2 is 1.90 bits per heavy atom. The number of piperidine rings is 1. The van der Waals surface area contributed by atoms with Crippen LogP contribution in [0.5, 0.6) is 0 Å². The van der Waals surface area contributed by atoms with Crippen molar-refractivity contribution in [3.63, 3.8) is 0 Å². The van der Waals surface area contributed by atoms with Gasteiger partial charge in [-0.25, -0.2) is 0 Å². The summed E-state index contributed by atoms with van der Waals surface area (Å²) in [6, 6.07) is 8.82. The lowest BCUT2D eigenvalue weighted by molar-refractivity contribution is 0.478. The highest BCUT2D eigenvalue weighted by atomic mass is 79.9. The zero-order chi connectivity index (χ0) is 13.9. The van der Waals surface area contributed by atoms with E-state index in [2.05, 4.69) is 68.0 Å². The third-order valence-corrected chi connectivity index (χ3v) is 4.35. The second kappa shape index (κ2) is 5.97. The van der Waals surface area contributed by atoms with Gasteiger partial charge in [0.15, 0.2) is 5.82 Å². The molecule has 3 rings (SSSR count). The summed E-state index contributed by atoms with van der Waals surface area (Å²) >= 11 is 3.46. The van der Waals surface area contributed by atoms with Crippen LogP contribution in [0.2, 0.25) is 0 Å². The average Bonchev–Trinajstić information content (AvgIpc) is 2.83. The summed E-state index contributed by atoms with van der Waals surface area (Å²) in [5.74, 6) is 0.981. The molecule has 0 spiro atoms. The molecule has 1 aliphatic rings. The molecule has 0 bridgehead atoms. The average molecular weight is 335 g/mol. The predicted octanol–water partition coefficient (Wildman–Crippen LogP) is 3.31. The maximum absolute atomic E-state index is 4.44. The van der Waals surface area contributed by atoms with Crippen LogP contribution in [0, 0.1) is 6.92 Å². The standard InChI is InChI=1S/C15H19BrN4/c1-10-14(11-2-4-12(16)5-3-11)19-20-15(10)18-13-6-8-17-9-7-13/h2-5,13,17H,6-9H2,1H3,(H2,18,19,20). The number of halogens is 1. The van der Waals surface area contributed by atoms with Gasteiger partial charge in [0.05, 0.1) is 5.69 Å². The van der Waals surface area contributed by atoms with Gasteiger partial charge in [0.1, 0.15) is 0 Å². The van der Waals surface area contributed by atoms with Gasteiger partial charge in [-0.2, -0.15) is 5.10 Å². The molecule has 0 saturated carbocycles. The van der Waals surface area contributed by atoms with Crippen molar-refractivity contribution in [1.29, 1.82) is 0 Å². The first-order valence-corrected chi connectivity index (χ1v) is 7.81. The van der Waals surface area contributed by atoms with Crippen LogP contribution in [0.1, 0.15) is 18.4 Å². The van der Waals surface area contributed by atoms with Gasteiger partial charge < -0.3 is 10.6 Å². The van der Waals surface area contributed by atoms with E-state index in [9.17, 15) is 0 Å². The van der Waals surface area contributed by atoms with E-state index in [1.54, 1.807) is 0 Å². The summed E-state index contributed by atoms with van der Waals surface area (Å²) in [5, 5.41) is 14.5. The third-order valence-electron chi connectivity index (χ3n) is 3.82. The Morgan fingerprint density at radius 1 is 1.20 bits per heavy atom. The van der Waals surface area contributed by atoms with Crippen molar-refractivity contribution in [3.8, 4) is 11.3 Å². The van der Waals surface area contributed by atoms with Gasteiger partial charge >= 0.3 is 0 Å². The Balaban J connectivity index is 1.79. The molecule has 106 valence electrons. The molecule has 1 saturated heterocycles. The van der Waals surface area contributed by atoms with E-state index < -0.39 is 0 Å². The van der Waals surface area contributed by atoms with Crippen molar-refractivity contribution in [3.05, 3.63) is 34.3 Å². The summed E-state index contributed by atoms with van der Waals surface area (Å²) in [6.07, 6.45) is 2.31. The molecular formula is C15H19BrN4. The number of anilines is 1. The summed E-state index contributed by atoms with van der Waals surface area (Å²) in [7, 11) is 0. The van der Waals surface area contributed by atoms with Crippen molar-refractivity contribution in [2.24, 2.45) is 0 Å². The van der Waals surface area contributed by atoms with E-state index >= 15 is 0 Å². The summed E-state index contributed by atoms with van der Waals surface area (Å²) in [4.78, 5) is 0. The molecule has 0 aliphatic carbocycles. The lowest BCUT2D eigenvalue weighted by atomic mass is 10.1. The molecule has 0 unspecified atom stereocenters. The van der Waals surface area contributed by atoms with Gasteiger partial charge in [0.25, 0.3) is 0 Å². The van der Waals surface area contributed by atoms with E-state index in [1.165, 1.54) is 5.56 Å². The number of benzene rings is 1. The minimum absolute atomic E-state index is 0.524. The van der Waals surface area contributed by atoms with Gasteiger partial charge in [0.2, 0.25) is 0 Å². The zero-order valence-corrected chi connectivity index (χ0v) is 13.1. The van der Waals surface area contributed by atoms with Gasteiger partial charge in [-0.15, -0.1) is 0 Å². The molecule has 2 aromatic rings.